The molecule has 3 rings (SSSR count). The largest absolute Gasteiger partial charge is 0.389 e. The van der Waals surface area contributed by atoms with Crippen LogP contribution in [0.5, 0.6) is 0 Å². The summed E-state index contributed by atoms with van der Waals surface area (Å²) in [5.74, 6) is 0.664. The fourth-order valence-electron chi connectivity index (χ4n) is 3.60. The fraction of sp³-hybridized carbons (Fsp3) is 0.692. The van der Waals surface area contributed by atoms with Crippen molar-refractivity contribution in [2.75, 3.05) is 13.1 Å². The van der Waals surface area contributed by atoms with Gasteiger partial charge in [0.2, 0.25) is 0 Å². The molecular weight excluding hydrogens is 218 g/mol. The Hall–Kier alpha value is -0.380. The molecule has 0 spiro atoms. The molecule has 2 N–H and O–H groups in total. The van der Waals surface area contributed by atoms with Gasteiger partial charge >= 0.3 is 0 Å². The van der Waals surface area contributed by atoms with Gasteiger partial charge in [0.25, 0.3) is 0 Å². The Labute approximate surface area is 101 Å². The van der Waals surface area contributed by atoms with Crippen molar-refractivity contribution in [1.82, 2.24) is 5.32 Å². The summed E-state index contributed by atoms with van der Waals surface area (Å²) in [6.45, 7) is 4.48. The molecule has 1 aromatic heterocycles. The minimum atomic E-state index is -0.452. The first kappa shape index (κ1) is 10.8. The number of rotatable bonds is 2. The van der Waals surface area contributed by atoms with Crippen LogP contribution >= 0.6 is 11.3 Å². The molecular formula is C13H19NOS. The summed E-state index contributed by atoms with van der Waals surface area (Å²) in [4.78, 5) is 1.32. The zero-order chi connectivity index (χ0) is 11.2. The second-order valence-electron chi connectivity index (χ2n) is 5.84. The van der Waals surface area contributed by atoms with Crippen molar-refractivity contribution < 1.29 is 5.11 Å². The van der Waals surface area contributed by atoms with E-state index in [4.69, 9.17) is 0 Å². The van der Waals surface area contributed by atoms with E-state index < -0.39 is 5.60 Å². The van der Waals surface area contributed by atoms with Gasteiger partial charge < -0.3 is 10.4 Å². The minimum absolute atomic E-state index is 0.325. The van der Waals surface area contributed by atoms with E-state index in [-0.39, 0.29) is 0 Å². The third-order valence-electron chi connectivity index (χ3n) is 4.35. The lowest BCUT2D eigenvalue weighted by Crippen LogP contribution is -2.32. The van der Waals surface area contributed by atoms with E-state index in [1.807, 2.05) is 0 Å². The number of hydrogen-bond donors (Lipinski definition) is 2. The van der Waals surface area contributed by atoms with Crippen molar-refractivity contribution in [2.45, 2.75) is 31.8 Å². The normalized spacial score (nSPS) is 42.5. The van der Waals surface area contributed by atoms with Crippen molar-refractivity contribution in [3.63, 3.8) is 0 Å². The molecule has 1 aromatic rings. The molecule has 2 heterocycles. The highest BCUT2D eigenvalue weighted by atomic mass is 32.1. The first-order chi connectivity index (χ1) is 7.60. The van der Waals surface area contributed by atoms with E-state index in [1.54, 1.807) is 11.3 Å². The topological polar surface area (TPSA) is 32.3 Å². The zero-order valence-electron chi connectivity index (χ0n) is 9.70. The van der Waals surface area contributed by atoms with Crippen molar-refractivity contribution in [3.05, 3.63) is 22.4 Å². The van der Waals surface area contributed by atoms with Gasteiger partial charge in [-0.3, -0.25) is 0 Å². The fourth-order valence-corrected chi connectivity index (χ4v) is 4.44. The molecule has 0 radical (unpaired) electrons. The van der Waals surface area contributed by atoms with Crippen LogP contribution in [-0.4, -0.2) is 23.8 Å². The predicted octanol–water partition coefficient (Wildman–Crippen LogP) is 2.04. The third kappa shape index (κ3) is 1.71. The molecule has 3 atom stereocenters. The lowest BCUT2D eigenvalue weighted by atomic mass is 9.82. The van der Waals surface area contributed by atoms with Crippen LogP contribution in [0.25, 0.3) is 0 Å². The van der Waals surface area contributed by atoms with Crippen LogP contribution in [0.3, 0.4) is 0 Å². The monoisotopic (exact) mass is 237 g/mol. The van der Waals surface area contributed by atoms with E-state index in [2.05, 4.69) is 29.8 Å². The maximum Gasteiger partial charge on any atom is 0.0704 e. The smallest absolute Gasteiger partial charge is 0.0704 e. The second kappa shape index (κ2) is 3.56. The molecule has 2 aliphatic rings. The summed E-state index contributed by atoms with van der Waals surface area (Å²) in [6, 6.07) is 4.21. The van der Waals surface area contributed by atoms with Crippen LogP contribution in [0.1, 0.15) is 24.6 Å². The van der Waals surface area contributed by atoms with Crippen molar-refractivity contribution in [1.29, 1.82) is 0 Å². The van der Waals surface area contributed by atoms with Crippen molar-refractivity contribution >= 4 is 11.3 Å². The Kier molecular flexibility index (Phi) is 2.39. The molecule has 1 saturated carbocycles. The summed E-state index contributed by atoms with van der Waals surface area (Å²) >= 11 is 1.76. The molecule has 0 bridgehead atoms. The Morgan fingerprint density at radius 2 is 2.50 bits per heavy atom. The summed E-state index contributed by atoms with van der Waals surface area (Å²) in [7, 11) is 0. The maximum atomic E-state index is 10.7. The molecule has 16 heavy (non-hydrogen) atoms. The summed E-state index contributed by atoms with van der Waals surface area (Å²) < 4.78 is 0. The van der Waals surface area contributed by atoms with E-state index in [0.717, 1.165) is 32.4 Å². The van der Waals surface area contributed by atoms with Crippen LogP contribution in [-0.2, 0) is 6.42 Å². The highest BCUT2D eigenvalue weighted by Gasteiger charge is 2.53. The second-order valence-corrected chi connectivity index (χ2v) is 6.88. The number of thiophene rings is 1. The molecule has 0 unspecified atom stereocenters. The quantitative estimate of drug-likeness (QED) is 0.825. The van der Waals surface area contributed by atoms with Gasteiger partial charge in [0, 0.05) is 17.8 Å². The van der Waals surface area contributed by atoms with Crippen LogP contribution in [0.4, 0.5) is 0 Å². The minimum Gasteiger partial charge on any atom is -0.389 e. The van der Waals surface area contributed by atoms with E-state index >= 15 is 0 Å². The average Bonchev–Trinajstić information content (AvgIpc) is 2.80. The number of nitrogens with one attached hydrogen (secondary N) is 1. The Morgan fingerprint density at radius 3 is 3.19 bits per heavy atom. The molecule has 2 fully saturated rings. The lowest BCUT2D eigenvalue weighted by molar-refractivity contribution is 0.0351. The first-order valence-corrected chi connectivity index (χ1v) is 6.93. The Morgan fingerprint density at radius 1 is 1.62 bits per heavy atom. The standard InChI is InChI=1S/C13H19NOS/c1-12-8-13(15,5-10(12)7-14-9-12)6-11-3-2-4-16-11/h2-4,10,14-15H,5-9H2,1H3/t10-,12+,13+/m1/s1. The van der Waals surface area contributed by atoms with Crippen LogP contribution < -0.4 is 5.32 Å². The van der Waals surface area contributed by atoms with Gasteiger partial charge in [0.05, 0.1) is 5.60 Å². The number of fused-ring (bicyclic) bond motifs is 1. The molecule has 1 aliphatic heterocycles. The van der Waals surface area contributed by atoms with E-state index in [1.165, 1.54) is 4.88 Å². The Bertz CT molecular complexity index is 377. The molecule has 1 aliphatic carbocycles. The lowest BCUT2D eigenvalue weighted by Gasteiger charge is -2.26. The molecule has 2 nitrogen and oxygen atoms in total. The molecule has 3 heteroatoms. The molecule has 0 amide bonds. The van der Waals surface area contributed by atoms with Gasteiger partial charge in [-0.15, -0.1) is 11.3 Å². The zero-order valence-corrected chi connectivity index (χ0v) is 10.5. The van der Waals surface area contributed by atoms with Crippen molar-refractivity contribution in [3.8, 4) is 0 Å². The highest BCUT2D eigenvalue weighted by Crippen LogP contribution is 2.51. The molecule has 0 aromatic carbocycles. The number of aliphatic hydroxyl groups is 1. The van der Waals surface area contributed by atoms with E-state index in [9.17, 15) is 5.11 Å². The molecule has 1 saturated heterocycles. The first-order valence-electron chi connectivity index (χ1n) is 6.05. The predicted molar refractivity (Wildman–Crippen MR) is 66.7 cm³/mol. The summed E-state index contributed by atoms with van der Waals surface area (Å²) in [6.07, 6.45) is 2.76. The highest BCUT2D eigenvalue weighted by molar-refractivity contribution is 7.09. The van der Waals surface area contributed by atoms with Gasteiger partial charge in [0.15, 0.2) is 0 Å². The SMILES string of the molecule is C[C@]12CNC[C@H]1C[C@](O)(Cc1cccs1)C2. The Balaban J connectivity index is 1.76. The summed E-state index contributed by atoms with van der Waals surface area (Å²) in [5, 5.41) is 16.3. The van der Waals surface area contributed by atoms with Gasteiger partial charge in [-0.1, -0.05) is 13.0 Å². The van der Waals surface area contributed by atoms with E-state index in [0.29, 0.717) is 11.3 Å². The van der Waals surface area contributed by atoms with Gasteiger partial charge in [0.1, 0.15) is 0 Å². The average molecular weight is 237 g/mol. The van der Waals surface area contributed by atoms with Crippen LogP contribution in [0.15, 0.2) is 17.5 Å². The van der Waals surface area contributed by atoms with Crippen molar-refractivity contribution in [2.24, 2.45) is 11.3 Å². The van der Waals surface area contributed by atoms with Gasteiger partial charge in [-0.05, 0) is 42.2 Å². The summed E-state index contributed by atoms with van der Waals surface area (Å²) in [5.41, 5.74) is -0.127. The number of hydrogen-bond acceptors (Lipinski definition) is 3. The third-order valence-corrected chi connectivity index (χ3v) is 5.22. The van der Waals surface area contributed by atoms with Gasteiger partial charge in [-0.25, -0.2) is 0 Å². The molecule has 88 valence electrons. The van der Waals surface area contributed by atoms with Crippen LogP contribution in [0.2, 0.25) is 0 Å². The van der Waals surface area contributed by atoms with Crippen LogP contribution in [0, 0.1) is 11.3 Å². The van der Waals surface area contributed by atoms with Gasteiger partial charge in [-0.2, -0.15) is 0 Å². The maximum absolute atomic E-state index is 10.7.